The van der Waals surface area contributed by atoms with Crippen molar-refractivity contribution in [2.24, 2.45) is 4.99 Å². The van der Waals surface area contributed by atoms with Gasteiger partial charge in [0.1, 0.15) is 23.1 Å². The molecule has 2 aliphatic rings. The van der Waals surface area contributed by atoms with E-state index in [0.29, 0.717) is 29.8 Å². The molecule has 1 amide bonds. The highest BCUT2D eigenvalue weighted by molar-refractivity contribution is 7.08. The minimum atomic E-state index is -1.44. The van der Waals surface area contributed by atoms with Crippen molar-refractivity contribution in [3.05, 3.63) is 153 Å². The van der Waals surface area contributed by atoms with Crippen molar-refractivity contribution in [2.45, 2.75) is 55.9 Å². The van der Waals surface area contributed by atoms with Gasteiger partial charge in [-0.15, -0.1) is 0 Å². The van der Waals surface area contributed by atoms with Crippen LogP contribution in [0.3, 0.4) is 0 Å². The van der Waals surface area contributed by atoms with Gasteiger partial charge >= 0.3 is 0 Å². The molecule has 6 aromatic rings. The van der Waals surface area contributed by atoms with Gasteiger partial charge in [-0.05, 0) is 53.8 Å². The van der Waals surface area contributed by atoms with Gasteiger partial charge in [0.25, 0.3) is 5.91 Å². The summed E-state index contributed by atoms with van der Waals surface area (Å²) in [5.74, 6) is -1.70. The monoisotopic (exact) mass is 716 g/mol. The Morgan fingerprint density at radius 3 is 2.08 bits per heavy atom. The first kappa shape index (κ1) is 33.6. The van der Waals surface area contributed by atoms with E-state index in [9.17, 15) is 4.79 Å². The number of anilines is 1. The third kappa shape index (κ3) is 6.19. The number of halogens is 3. The Morgan fingerprint density at radius 2 is 1.46 bits per heavy atom. The highest BCUT2D eigenvalue weighted by Crippen LogP contribution is 2.47. The second-order valence-electron chi connectivity index (χ2n) is 13.2. The predicted molar refractivity (Wildman–Crippen MR) is 198 cm³/mol. The van der Waals surface area contributed by atoms with Crippen LogP contribution in [0.15, 0.2) is 119 Å². The summed E-state index contributed by atoms with van der Waals surface area (Å²) in [6.45, 7) is 0. The highest BCUT2D eigenvalue weighted by Gasteiger charge is 2.43. The Balaban J connectivity index is 1.24. The molecule has 11 heteroatoms. The van der Waals surface area contributed by atoms with Gasteiger partial charge < -0.3 is 10.6 Å². The van der Waals surface area contributed by atoms with Gasteiger partial charge in [-0.25, -0.2) is 27.8 Å². The van der Waals surface area contributed by atoms with E-state index in [4.69, 9.17) is 5.10 Å². The van der Waals surface area contributed by atoms with Crippen molar-refractivity contribution in [1.29, 1.82) is 0 Å². The lowest BCUT2D eigenvalue weighted by atomic mass is 9.77. The van der Waals surface area contributed by atoms with E-state index >= 15 is 13.2 Å². The molecule has 0 radical (unpaired) electrons. The molecule has 3 aromatic heterocycles. The first-order valence-electron chi connectivity index (χ1n) is 17.3. The van der Waals surface area contributed by atoms with Crippen LogP contribution in [-0.2, 0) is 12.0 Å². The molecule has 262 valence electrons. The van der Waals surface area contributed by atoms with Crippen LogP contribution in [0.25, 0.3) is 11.4 Å². The fourth-order valence-corrected chi connectivity index (χ4v) is 8.17. The number of benzene rings is 3. The van der Waals surface area contributed by atoms with Crippen molar-refractivity contribution in [2.75, 3.05) is 5.32 Å². The number of hydrogen-bond donors (Lipinski definition) is 2. The molecule has 0 spiro atoms. The van der Waals surface area contributed by atoms with Crippen LogP contribution < -0.4 is 10.6 Å². The Kier molecular flexibility index (Phi) is 9.19. The number of carbonyl (C=O) groups excluding carboxylic acids is 1. The lowest BCUT2D eigenvalue weighted by molar-refractivity contribution is 0.0927. The van der Waals surface area contributed by atoms with Gasteiger partial charge in [-0.1, -0.05) is 91.0 Å². The number of fused-ring (bicyclic) bond motifs is 1. The van der Waals surface area contributed by atoms with Gasteiger partial charge in [0.15, 0.2) is 23.3 Å². The number of nitrogens with zero attached hydrogens (tertiary/aromatic N) is 4. The van der Waals surface area contributed by atoms with Gasteiger partial charge in [0, 0.05) is 47.3 Å². The predicted octanol–water partition coefficient (Wildman–Crippen LogP) is 8.87. The Morgan fingerprint density at radius 1 is 0.827 bits per heavy atom. The highest BCUT2D eigenvalue weighted by atomic mass is 32.1. The molecular weight excluding hydrogens is 682 g/mol. The van der Waals surface area contributed by atoms with E-state index in [1.807, 2.05) is 96.4 Å². The number of aliphatic imine (C=N–C) groups is 1. The lowest BCUT2D eigenvalue weighted by Gasteiger charge is -2.37. The maximum Gasteiger partial charge on any atom is 0.252 e. The number of rotatable bonds is 9. The third-order valence-corrected chi connectivity index (χ3v) is 10.6. The lowest BCUT2D eigenvalue weighted by Crippen LogP contribution is -2.41. The van der Waals surface area contributed by atoms with Gasteiger partial charge in [-0.2, -0.15) is 16.4 Å². The zero-order chi connectivity index (χ0) is 35.7. The summed E-state index contributed by atoms with van der Waals surface area (Å²) in [4.78, 5) is 21.8. The molecule has 1 aliphatic carbocycles. The van der Waals surface area contributed by atoms with Crippen molar-refractivity contribution >= 4 is 35.1 Å². The van der Waals surface area contributed by atoms with E-state index in [2.05, 4.69) is 20.6 Å². The summed E-state index contributed by atoms with van der Waals surface area (Å²) in [6.07, 6.45) is 2.55. The zero-order valence-corrected chi connectivity index (χ0v) is 28.9. The number of hydrogen-bond acceptors (Lipinski definition) is 6. The topological polar surface area (TPSA) is 84.2 Å². The van der Waals surface area contributed by atoms with E-state index in [1.54, 1.807) is 16.1 Å². The number of carbonyl (C=O) groups is 1. The standard InChI is InChI=1S/C41H35F3N6OS/c42-30-21-33-36(37-34(43)23-35(44)38(48-37)46-31-17-10-18-32(22-31)47-40(51)26-19-20-52-25-26)49-50(39(33)45-24-30)41(27-11-4-1-5-12-27,28-13-6-2-7-14-28)29-15-8-3-9-16-29/h1-9,11-16,19-20,23-25,30-32H,10,17-18,21-22H2,(H,46,48)(H,47,51). The normalized spacial score (nSPS) is 18.5. The second-order valence-corrected chi connectivity index (χ2v) is 14.0. The van der Waals surface area contributed by atoms with Crippen LogP contribution in [-0.4, -0.2) is 45.1 Å². The summed E-state index contributed by atoms with van der Waals surface area (Å²) in [7, 11) is 0. The largest absolute Gasteiger partial charge is 0.365 e. The van der Waals surface area contributed by atoms with Crippen LogP contribution in [0, 0.1) is 11.6 Å². The summed E-state index contributed by atoms with van der Waals surface area (Å²) in [6, 6.07) is 31.6. The molecule has 1 saturated carbocycles. The van der Waals surface area contributed by atoms with Crippen molar-refractivity contribution in [1.82, 2.24) is 20.1 Å². The molecule has 3 unspecified atom stereocenters. The van der Waals surface area contributed by atoms with Gasteiger partial charge in [-0.3, -0.25) is 4.79 Å². The first-order chi connectivity index (χ1) is 25.4. The van der Waals surface area contributed by atoms with Crippen molar-refractivity contribution in [3.8, 4) is 11.4 Å². The number of nitrogens with one attached hydrogen (secondary N) is 2. The van der Waals surface area contributed by atoms with Gasteiger partial charge in [0.05, 0.1) is 0 Å². The number of alkyl halides is 1. The number of aromatic nitrogens is 3. The van der Waals surface area contributed by atoms with E-state index < -0.39 is 23.3 Å². The Bertz CT molecular complexity index is 2110. The van der Waals surface area contributed by atoms with Crippen LogP contribution >= 0.6 is 11.3 Å². The Hall–Kier alpha value is -5.55. The number of pyridine rings is 1. The zero-order valence-electron chi connectivity index (χ0n) is 28.1. The molecule has 1 fully saturated rings. The van der Waals surface area contributed by atoms with E-state index in [1.165, 1.54) is 17.6 Å². The molecule has 0 bridgehead atoms. The van der Waals surface area contributed by atoms with Crippen LogP contribution in [0.4, 0.5) is 24.8 Å². The average Bonchev–Trinajstić information content (AvgIpc) is 3.84. The molecule has 3 aromatic carbocycles. The molecule has 52 heavy (non-hydrogen) atoms. The van der Waals surface area contributed by atoms with Crippen molar-refractivity contribution < 1.29 is 18.0 Å². The fraction of sp³-hybridized carbons (Fsp3) is 0.220. The smallest absolute Gasteiger partial charge is 0.252 e. The minimum absolute atomic E-state index is 0.0896. The van der Waals surface area contributed by atoms with Crippen LogP contribution in [0.2, 0.25) is 0 Å². The van der Waals surface area contributed by atoms with Crippen LogP contribution in [0.1, 0.15) is 58.3 Å². The Labute approximate surface area is 303 Å². The summed E-state index contributed by atoms with van der Waals surface area (Å²) < 4.78 is 48.5. The van der Waals surface area contributed by atoms with Crippen LogP contribution in [0.5, 0.6) is 0 Å². The maximum absolute atomic E-state index is 16.0. The SMILES string of the molecule is O=C(NC1CCCC(Nc2nc(-c3nn(C(c4ccccc4)(c4ccccc4)c4ccccc4)c4c3CC(F)C=N4)c(F)cc2F)C1)c1ccsc1. The molecular formula is C41H35F3N6OS. The molecule has 3 atom stereocenters. The van der Waals surface area contributed by atoms with Gasteiger partial charge in [0.2, 0.25) is 0 Å². The summed E-state index contributed by atoms with van der Waals surface area (Å²) in [5, 5.41) is 15.0. The number of thiophene rings is 1. The van der Waals surface area contributed by atoms with E-state index in [0.717, 1.165) is 35.6 Å². The third-order valence-electron chi connectivity index (χ3n) is 9.89. The summed E-state index contributed by atoms with van der Waals surface area (Å²) in [5.41, 5.74) is 2.32. The van der Waals surface area contributed by atoms with E-state index in [-0.39, 0.29) is 41.6 Å². The molecule has 4 heterocycles. The maximum atomic E-state index is 16.0. The van der Waals surface area contributed by atoms with Crippen molar-refractivity contribution in [3.63, 3.8) is 0 Å². The number of amides is 1. The average molecular weight is 717 g/mol. The molecule has 2 N–H and O–H groups in total. The fourth-order valence-electron chi connectivity index (χ4n) is 7.53. The minimum Gasteiger partial charge on any atom is -0.365 e. The molecule has 8 rings (SSSR count). The molecule has 1 aliphatic heterocycles. The second kappa shape index (κ2) is 14.2. The molecule has 7 nitrogen and oxygen atoms in total. The first-order valence-corrected chi connectivity index (χ1v) is 18.3. The summed E-state index contributed by atoms with van der Waals surface area (Å²) >= 11 is 1.45. The molecule has 0 saturated heterocycles. The quantitative estimate of drug-likeness (QED) is 0.147.